The topological polar surface area (TPSA) is 45.0 Å². The summed E-state index contributed by atoms with van der Waals surface area (Å²) in [7, 11) is 0. The molecule has 1 saturated carbocycles. The third kappa shape index (κ3) is 4.73. The Morgan fingerprint density at radius 3 is 2.43 bits per heavy atom. The van der Waals surface area contributed by atoms with Gasteiger partial charge in [0, 0.05) is 12.5 Å². The molecule has 0 amide bonds. The summed E-state index contributed by atoms with van der Waals surface area (Å²) in [5.41, 5.74) is -0.233. The van der Waals surface area contributed by atoms with Gasteiger partial charge in [-0.2, -0.15) is 18.4 Å². The van der Waals surface area contributed by atoms with Crippen LogP contribution in [0.1, 0.15) is 24.8 Å². The van der Waals surface area contributed by atoms with Crippen LogP contribution in [0.5, 0.6) is 0 Å². The van der Waals surface area contributed by atoms with Gasteiger partial charge in [0.05, 0.1) is 12.7 Å². The van der Waals surface area contributed by atoms with Crippen LogP contribution in [0.4, 0.5) is 13.2 Å². The van der Waals surface area contributed by atoms with Crippen LogP contribution in [0, 0.1) is 11.3 Å². The van der Waals surface area contributed by atoms with Crippen LogP contribution in [0.2, 0.25) is 0 Å². The van der Waals surface area contributed by atoms with Crippen molar-refractivity contribution in [1.82, 2.24) is 5.32 Å². The molecule has 0 saturated heterocycles. The molecule has 0 heterocycles. The molecule has 0 aromatic heterocycles. The highest BCUT2D eigenvalue weighted by Crippen LogP contribution is 2.31. The molecule has 1 aliphatic rings. The highest BCUT2D eigenvalue weighted by molar-refractivity contribution is 5.32. The predicted octanol–water partition coefficient (Wildman–Crippen LogP) is 3.13. The minimum atomic E-state index is -4.34. The Labute approximate surface area is 121 Å². The Morgan fingerprint density at radius 2 is 1.90 bits per heavy atom. The van der Waals surface area contributed by atoms with E-state index in [1.54, 1.807) is 0 Å². The van der Waals surface area contributed by atoms with E-state index in [1.165, 1.54) is 0 Å². The largest absolute Gasteiger partial charge is 0.411 e. The van der Waals surface area contributed by atoms with E-state index in [-0.39, 0.29) is 19.1 Å². The zero-order chi connectivity index (χ0) is 15.3. The Balaban J connectivity index is 2.03. The van der Waals surface area contributed by atoms with Crippen LogP contribution in [0.3, 0.4) is 0 Å². The average molecular weight is 298 g/mol. The second-order valence-electron chi connectivity index (χ2n) is 5.22. The normalized spacial score (nSPS) is 18.0. The zero-order valence-corrected chi connectivity index (χ0v) is 11.5. The predicted molar refractivity (Wildman–Crippen MR) is 71.4 cm³/mol. The molecular weight excluding hydrogens is 281 g/mol. The molecule has 114 valence electrons. The molecule has 1 aromatic carbocycles. The van der Waals surface area contributed by atoms with E-state index < -0.39 is 18.3 Å². The maximum atomic E-state index is 12.1. The summed E-state index contributed by atoms with van der Waals surface area (Å²) < 4.78 is 40.9. The van der Waals surface area contributed by atoms with Crippen molar-refractivity contribution >= 4 is 0 Å². The van der Waals surface area contributed by atoms with Gasteiger partial charge in [-0.05, 0) is 18.4 Å². The van der Waals surface area contributed by atoms with E-state index in [0.717, 1.165) is 18.4 Å². The number of hydrogen-bond donors (Lipinski definition) is 1. The third-order valence-electron chi connectivity index (χ3n) is 3.37. The highest BCUT2D eigenvalue weighted by Gasteiger charge is 2.38. The molecule has 0 bridgehead atoms. The van der Waals surface area contributed by atoms with Crippen LogP contribution in [-0.4, -0.2) is 25.4 Å². The summed E-state index contributed by atoms with van der Waals surface area (Å²) in [6, 6.07) is 11.6. The Hall–Kier alpha value is -1.58. The van der Waals surface area contributed by atoms with E-state index in [2.05, 4.69) is 16.1 Å². The minimum absolute atomic E-state index is 0.123. The zero-order valence-electron chi connectivity index (χ0n) is 11.5. The number of nitriles is 1. The molecule has 6 heteroatoms. The Morgan fingerprint density at radius 1 is 1.24 bits per heavy atom. The van der Waals surface area contributed by atoms with Gasteiger partial charge in [0.1, 0.15) is 12.1 Å². The number of hydrogen-bond acceptors (Lipinski definition) is 3. The van der Waals surface area contributed by atoms with Crippen LogP contribution >= 0.6 is 0 Å². The van der Waals surface area contributed by atoms with Crippen molar-refractivity contribution in [1.29, 1.82) is 5.26 Å². The first-order chi connectivity index (χ1) is 9.95. The van der Waals surface area contributed by atoms with Crippen molar-refractivity contribution in [3.63, 3.8) is 0 Å². The van der Waals surface area contributed by atoms with Crippen LogP contribution in [-0.2, 0) is 10.3 Å². The lowest BCUT2D eigenvalue weighted by Crippen LogP contribution is -2.43. The van der Waals surface area contributed by atoms with Gasteiger partial charge in [-0.3, -0.25) is 5.32 Å². The maximum Gasteiger partial charge on any atom is 0.411 e. The van der Waals surface area contributed by atoms with Crippen LogP contribution in [0.15, 0.2) is 30.3 Å². The van der Waals surface area contributed by atoms with Gasteiger partial charge >= 0.3 is 6.18 Å². The molecule has 1 aliphatic carbocycles. The molecule has 0 aliphatic heterocycles. The molecule has 3 nitrogen and oxygen atoms in total. The second-order valence-corrected chi connectivity index (χ2v) is 5.22. The maximum absolute atomic E-state index is 12.1. The minimum Gasteiger partial charge on any atom is -0.372 e. The first kappa shape index (κ1) is 15.8. The quantitative estimate of drug-likeness (QED) is 0.787. The van der Waals surface area contributed by atoms with Crippen molar-refractivity contribution < 1.29 is 17.9 Å². The smallest absolute Gasteiger partial charge is 0.372 e. The van der Waals surface area contributed by atoms with Gasteiger partial charge in [0.2, 0.25) is 0 Å². The van der Waals surface area contributed by atoms with Crippen molar-refractivity contribution in [3.05, 3.63) is 35.9 Å². The highest BCUT2D eigenvalue weighted by atomic mass is 19.4. The van der Waals surface area contributed by atoms with Gasteiger partial charge in [-0.1, -0.05) is 30.3 Å². The second kappa shape index (κ2) is 6.46. The summed E-state index contributed by atoms with van der Waals surface area (Å²) in [6.07, 6.45) is -2.19. The molecule has 1 aromatic rings. The Bertz CT molecular complexity index is 494. The number of ether oxygens (including phenoxy) is 1. The molecule has 2 rings (SSSR count). The van der Waals surface area contributed by atoms with Gasteiger partial charge in [-0.25, -0.2) is 0 Å². The summed E-state index contributed by atoms with van der Waals surface area (Å²) in [6.45, 7) is -1.41. The molecule has 0 spiro atoms. The van der Waals surface area contributed by atoms with Crippen LogP contribution in [0.25, 0.3) is 0 Å². The number of halogens is 3. The van der Waals surface area contributed by atoms with E-state index in [0.29, 0.717) is 0 Å². The SMILES string of the molecule is N#CC(CCOCC(F)(F)F)(NC1CC1)c1ccccc1. The molecule has 0 radical (unpaired) electrons. The van der Waals surface area contributed by atoms with Gasteiger partial charge in [0.25, 0.3) is 0 Å². The summed E-state index contributed by atoms with van der Waals surface area (Å²) in [5, 5.41) is 12.8. The number of rotatable bonds is 7. The van der Waals surface area contributed by atoms with Crippen molar-refractivity contribution in [2.75, 3.05) is 13.2 Å². The number of alkyl halides is 3. The molecule has 21 heavy (non-hydrogen) atoms. The van der Waals surface area contributed by atoms with E-state index in [9.17, 15) is 18.4 Å². The fraction of sp³-hybridized carbons (Fsp3) is 0.533. The summed E-state index contributed by atoms with van der Waals surface area (Å²) in [5.74, 6) is 0. The molecule has 1 unspecified atom stereocenters. The molecular formula is C15H17F3N2O. The Kier molecular flexibility index (Phi) is 4.86. The number of benzene rings is 1. The van der Waals surface area contributed by atoms with Gasteiger partial charge < -0.3 is 4.74 Å². The lowest BCUT2D eigenvalue weighted by molar-refractivity contribution is -0.174. The summed E-state index contributed by atoms with van der Waals surface area (Å²) >= 11 is 0. The van der Waals surface area contributed by atoms with E-state index in [4.69, 9.17) is 0 Å². The first-order valence-corrected chi connectivity index (χ1v) is 6.84. The van der Waals surface area contributed by atoms with E-state index >= 15 is 0 Å². The van der Waals surface area contributed by atoms with Gasteiger partial charge in [0.15, 0.2) is 0 Å². The lowest BCUT2D eigenvalue weighted by Gasteiger charge is -2.28. The van der Waals surface area contributed by atoms with Crippen molar-refractivity contribution in [2.24, 2.45) is 0 Å². The third-order valence-corrected chi connectivity index (χ3v) is 3.37. The molecule has 1 N–H and O–H groups in total. The first-order valence-electron chi connectivity index (χ1n) is 6.84. The summed E-state index contributed by atoms with van der Waals surface area (Å²) in [4.78, 5) is 0. The van der Waals surface area contributed by atoms with Crippen molar-refractivity contribution in [2.45, 2.75) is 37.0 Å². The lowest BCUT2D eigenvalue weighted by atomic mass is 9.88. The number of nitrogens with one attached hydrogen (secondary N) is 1. The monoisotopic (exact) mass is 298 g/mol. The fourth-order valence-corrected chi connectivity index (χ4v) is 2.16. The van der Waals surface area contributed by atoms with Crippen molar-refractivity contribution in [3.8, 4) is 6.07 Å². The van der Waals surface area contributed by atoms with Crippen LogP contribution < -0.4 is 5.32 Å². The number of nitrogens with zero attached hydrogens (tertiary/aromatic N) is 1. The molecule has 1 atom stereocenters. The fourth-order valence-electron chi connectivity index (χ4n) is 2.16. The standard InChI is InChI=1S/C15H17F3N2O/c16-15(17,18)11-21-9-8-14(10-19,20-13-6-7-13)12-4-2-1-3-5-12/h1-5,13,20H,6-9,11H2. The molecule has 1 fully saturated rings. The van der Waals surface area contributed by atoms with Gasteiger partial charge in [-0.15, -0.1) is 0 Å². The average Bonchev–Trinajstić information content (AvgIpc) is 3.26. The van der Waals surface area contributed by atoms with E-state index in [1.807, 2.05) is 30.3 Å².